The summed E-state index contributed by atoms with van der Waals surface area (Å²) in [5.41, 5.74) is 3.96. The number of aromatic nitrogens is 2. The lowest BCUT2D eigenvalue weighted by Gasteiger charge is -2.14. The number of hydrogen-bond donors (Lipinski definition) is 1. The highest BCUT2D eigenvalue weighted by molar-refractivity contribution is 7.83. The number of nitrogens with one attached hydrogen (secondary N) is 1. The van der Waals surface area contributed by atoms with Gasteiger partial charge in [-0.1, -0.05) is 30.3 Å². The van der Waals surface area contributed by atoms with Crippen LogP contribution in [0.3, 0.4) is 0 Å². The Bertz CT molecular complexity index is 1060. The largest absolute Gasteiger partial charge is 0.496 e. The fraction of sp³-hybridized carbons (Fsp3) is 0.200. The molecule has 1 amide bonds. The standard InChI is InChI=1S/C20H19N3O3S/c1-13-7-3-5-9-17(13)23-19(15-11-27(25)12-16(15)22-23)21-20(24)14-8-4-6-10-18(14)26-2/h3-10H,11-12H2,1-2H3,(H,21,24)/t27-/m1/s1. The predicted molar refractivity (Wildman–Crippen MR) is 105 cm³/mol. The third-order valence-electron chi connectivity index (χ3n) is 4.60. The fourth-order valence-electron chi connectivity index (χ4n) is 3.24. The zero-order valence-corrected chi connectivity index (χ0v) is 15.9. The minimum atomic E-state index is -0.986. The lowest BCUT2D eigenvalue weighted by Crippen LogP contribution is -2.17. The summed E-state index contributed by atoms with van der Waals surface area (Å²) in [5, 5.41) is 7.61. The lowest BCUT2D eigenvalue weighted by atomic mass is 10.1. The summed E-state index contributed by atoms with van der Waals surface area (Å²) >= 11 is 0. The van der Waals surface area contributed by atoms with Crippen molar-refractivity contribution < 1.29 is 13.7 Å². The van der Waals surface area contributed by atoms with E-state index in [-0.39, 0.29) is 5.91 Å². The quantitative estimate of drug-likeness (QED) is 0.753. The van der Waals surface area contributed by atoms with E-state index >= 15 is 0 Å². The van der Waals surface area contributed by atoms with E-state index in [0.29, 0.717) is 28.6 Å². The van der Waals surface area contributed by atoms with Gasteiger partial charge < -0.3 is 10.1 Å². The van der Waals surface area contributed by atoms with Gasteiger partial charge in [-0.3, -0.25) is 9.00 Å². The molecule has 0 aliphatic carbocycles. The van der Waals surface area contributed by atoms with Crippen molar-refractivity contribution in [3.63, 3.8) is 0 Å². The maximum absolute atomic E-state index is 12.9. The molecule has 2 heterocycles. The molecule has 0 fully saturated rings. The van der Waals surface area contributed by atoms with Crippen molar-refractivity contribution in [1.29, 1.82) is 0 Å². The number of aryl methyl sites for hydroxylation is 1. The van der Waals surface area contributed by atoms with E-state index in [1.807, 2.05) is 37.3 Å². The van der Waals surface area contributed by atoms with Crippen LogP contribution in [0.2, 0.25) is 0 Å². The van der Waals surface area contributed by atoms with E-state index in [9.17, 15) is 9.00 Å². The molecule has 2 aromatic carbocycles. The summed E-state index contributed by atoms with van der Waals surface area (Å²) in [6, 6.07) is 14.9. The maximum atomic E-state index is 12.9. The Morgan fingerprint density at radius 1 is 1.15 bits per heavy atom. The number of methoxy groups -OCH3 is 1. The van der Waals surface area contributed by atoms with Crippen LogP contribution in [0.5, 0.6) is 5.75 Å². The SMILES string of the molecule is COc1ccccc1C(=O)Nc1c2c(nn1-c1ccccc1C)C[S@](=O)C2. The number of ether oxygens (including phenoxy) is 1. The summed E-state index contributed by atoms with van der Waals surface area (Å²) in [6.07, 6.45) is 0. The summed E-state index contributed by atoms with van der Waals surface area (Å²) in [7, 11) is 0.547. The Morgan fingerprint density at radius 2 is 1.89 bits per heavy atom. The molecule has 1 aromatic heterocycles. The highest BCUT2D eigenvalue weighted by atomic mass is 32.2. The molecule has 0 saturated carbocycles. The van der Waals surface area contributed by atoms with Crippen molar-refractivity contribution in [3.8, 4) is 11.4 Å². The predicted octanol–water partition coefficient (Wildman–Crippen LogP) is 3.20. The van der Waals surface area contributed by atoms with Gasteiger partial charge >= 0.3 is 0 Å². The first-order valence-corrected chi connectivity index (χ1v) is 10.0. The number of para-hydroxylation sites is 2. The molecule has 138 valence electrons. The number of nitrogens with zero attached hydrogens (tertiary/aromatic N) is 2. The van der Waals surface area contributed by atoms with Crippen molar-refractivity contribution in [3.05, 3.63) is 70.9 Å². The van der Waals surface area contributed by atoms with Crippen LogP contribution in [0.25, 0.3) is 5.69 Å². The molecule has 6 nitrogen and oxygen atoms in total. The molecule has 7 heteroatoms. The first-order chi connectivity index (χ1) is 13.1. The van der Waals surface area contributed by atoms with Gasteiger partial charge in [0, 0.05) is 16.4 Å². The molecule has 1 aliphatic heterocycles. The molecule has 1 N–H and O–H groups in total. The van der Waals surface area contributed by atoms with Crippen LogP contribution in [0.4, 0.5) is 5.82 Å². The third-order valence-corrected chi connectivity index (χ3v) is 5.80. The van der Waals surface area contributed by atoms with Crippen molar-refractivity contribution >= 4 is 22.5 Å². The van der Waals surface area contributed by atoms with Gasteiger partial charge in [0.25, 0.3) is 5.91 Å². The van der Waals surface area contributed by atoms with Crippen molar-refractivity contribution in [2.75, 3.05) is 12.4 Å². The molecule has 0 spiro atoms. The van der Waals surface area contributed by atoms with Crippen LogP contribution in [0.15, 0.2) is 48.5 Å². The van der Waals surface area contributed by atoms with Crippen molar-refractivity contribution in [1.82, 2.24) is 9.78 Å². The monoisotopic (exact) mass is 381 g/mol. The van der Waals surface area contributed by atoms with E-state index in [2.05, 4.69) is 10.4 Å². The Labute approximate surface area is 159 Å². The minimum Gasteiger partial charge on any atom is -0.496 e. The number of carbonyl (C=O) groups excluding carboxylic acids is 1. The van der Waals surface area contributed by atoms with Gasteiger partial charge in [0.2, 0.25) is 0 Å². The molecule has 1 aliphatic rings. The highest BCUT2D eigenvalue weighted by Crippen LogP contribution is 2.32. The molecule has 0 bridgehead atoms. The number of hydrogen-bond acceptors (Lipinski definition) is 4. The summed E-state index contributed by atoms with van der Waals surface area (Å²) in [6.45, 7) is 1.99. The van der Waals surface area contributed by atoms with E-state index in [1.165, 1.54) is 7.11 Å². The van der Waals surface area contributed by atoms with E-state index in [0.717, 1.165) is 22.5 Å². The van der Waals surface area contributed by atoms with Gasteiger partial charge in [0.05, 0.1) is 35.6 Å². The highest BCUT2D eigenvalue weighted by Gasteiger charge is 2.29. The van der Waals surface area contributed by atoms with Crippen molar-refractivity contribution in [2.45, 2.75) is 18.4 Å². The second-order valence-corrected chi connectivity index (χ2v) is 7.81. The Balaban J connectivity index is 1.79. The van der Waals surface area contributed by atoms with Crippen LogP contribution >= 0.6 is 0 Å². The molecule has 0 radical (unpaired) electrons. The average Bonchev–Trinajstić information content (AvgIpc) is 3.19. The molecule has 4 rings (SSSR count). The van der Waals surface area contributed by atoms with Gasteiger partial charge in [-0.25, -0.2) is 4.68 Å². The number of amides is 1. The molecular formula is C20H19N3O3S. The Hall–Kier alpha value is -2.93. The van der Waals surface area contributed by atoms with Crippen LogP contribution in [-0.2, 0) is 22.3 Å². The molecule has 0 unspecified atom stereocenters. The number of anilines is 1. The minimum absolute atomic E-state index is 0.289. The second kappa shape index (κ2) is 7.00. The zero-order valence-electron chi connectivity index (χ0n) is 15.1. The van der Waals surface area contributed by atoms with Crippen LogP contribution in [0, 0.1) is 6.92 Å². The molecule has 0 saturated heterocycles. The molecule has 1 atom stereocenters. The number of fused-ring (bicyclic) bond motifs is 1. The fourth-order valence-corrected chi connectivity index (χ4v) is 4.50. The smallest absolute Gasteiger partial charge is 0.260 e. The van der Waals surface area contributed by atoms with Crippen LogP contribution in [-0.4, -0.2) is 27.0 Å². The zero-order chi connectivity index (χ0) is 19.0. The number of carbonyl (C=O) groups is 1. The maximum Gasteiger partial charge on any atom is 0.260 e. The van der Waals surface area contributed by atoms with E-state index < -0.39 is 10.8 Å². The first-order valence-electron chi connectivity index (χ1n) is 8.54. The number of rotatable bonds is 4. The van der Waals surface area contributed by atoms with Gasteiger partial charge in [-0.2, -0.15) is 5.10 Å². The lowest BCUT2D eigenvalue weighted by molar-refractivity contribution is 0.102. The number of benzene rings is 2. The van der Waals surface area contributed by atoms with Gasteiger partial charge in [-0.05, 0) is 30.7 Å². The summed E-state index contributed by atoms with van der Waals surface area (Å²) in [5.74, 6) is 1.58. The third kappa shape index (κ3) is 3.14. The average molecular weight is 381 g/mol. The van der Waals surface area contributed by atoms with Gasteiger partial charge in [0.1, 0.15) is 11.6 Å². The normalized spacial score (nSPS) is 15.4. The van der Waals surface area contributed by atoms with Crippen LogP contribution < -0.4 is 10.1 Å². The van der Waals surface area contributed by atoms with Gasteiger partial charge in [0.15, 0.2) is 0 Å². The van der Waals surface area contributed by atoms with Crippen LogP contribution in [0.1, 0.15) is 27.2 Å². The molecular weight excluding hydrogens is 362 g/mol. The van der Waals surface area contributed by atoms with E-state index in [4.69, 9.17) is 4.74 Å². The molecule has 3 aromatic rings. The summed E-state index contributed by atoms with van der Waals surface area (Å²) in [4.78, 5) is 12.9. The Morgan fingerprint density at radius 3 is 2.67 bits per heavy atom. The topological polar surface area (TPSA) is 73.2 Å². The Kier molecular flexibility index (Phi) is 4.53. The molecule has 27 heavy (non-hydrogen) atoms. The summed E-state index contributed by atoms with van der Waals surface area (Å²) < 4.78 is 19.1. The van der Waals surface area contributed by atoms with E-state index in [1.54, 1.807) is 22.9 Å². The van der Waals surface area contributed by atoms with Gasteiger partial charge in [-0.15, -0.1) is 0 Å². The second-order valence-electron chi connectivity index (χ2n) is 6.36. The first kappa shape index (κ1) is 17.5. The van der Waals surface area contributed by atoms with Crippen molar-refractivity contribution in [2.24, 2.45) is 0 Å².